The molecule has 3 aromatic rings. The lowest BCUT2D eigenvalue weighted by Gasteiger charge is -2.24. The van der Waals surface area contributed by atoms with E-state index < -0.39 is 12.1 Å². The number of oxime groups is 1. The SMILES string of the molecule is CON=C1C[C@@H](C(=O)NC[C@@H](O)c2ccccc2)N(C(=O)c2ccc(-c3ccccc3C)cc2)C1. The number of nitrogens with zero attached hydrogens (tertiary/aromatic N) is 2. The van der Waals surface area contributed by atoms with Crippen LogP contribution in [-0.2, 0) is 9.63 Å². The standard InChI is InChI=1S/C28H29N3O4/c1-19-8-6-7-11-24(19)20-12-14-22(15-13-20)28(34)31-18-23(30-35-2)16-25(31)27(33)29-17-26(32)21-9-4-3-5-10-21/h3-15,25-26,32H,16-18H2,1-2H3,(H,29,33)/t25-,26+/m0/s1. The molecule has 0 bridgehead atoms. The highest BCUT2D eigenvalue weighted by molar-refractivity contribution is 6.05. The van der Waals surface area contributed by atoms with Crippen molar-refractivity contribution in [3.8, 4) is 11.1 Å². The first-order valence-corrected chi connectivity index (χ1v) is 11.5. The predicted octanol–water partition coefficient (Wildman–Crippen LogP) is 3.73. The van der Waals surface area contributed by atoms with Crippen molar-refractivity contribution in [3.05, 3.63) is 95.6 Å². The maximum Gasteiger partial charge on any atom is 0.254 e. The number of aliphatic hydroxyl groups excluding tert-OH is 1. The zero-order valence-electron chi connectivity index (χ0n) is 19.8. The average Bonchev–Trinajstić information content (AvgIpc) is 3.32. The number of hydrogen-bond acceptors (Lipinski definition) is 5. The molecule has 1 aliphatic rings. The Bertz CT molecular complexity index is 1210. The average molecular weight is 472 g/mol. The van der Waals surface area contributed by atoms with Crippen molar-refractivity contribution < 1.29 is 19.5 Å². The number of hydrogen-bond donors (Lipinski definition) is 2. The number of likely N-dealkylation sites (tertiary alicyclic amines) is 1. The number of carbonyl (C=O) groups is 2. The Morgan fingerprint density at radius 3 is 2.43 bits per heavy atom. The van der Waals surface area contributed by atoms with Crippen molar-refractivity contribution >= 4 is 17.5 Å². The molecule has 2 N–H and O–H groups in total. The number of rotatable bonds is 7. The van der Waals surface area contributed by atoms with Crippen LogP contribution < -0.4 is 5.32 Å². The Labute approximate surface area is 205 Å². The van der Waals surface area contributed by atoms with E-state index in [0.29, 0.717) is 16.8 Å². The molecule has 2 atom stereocenters. The van der Waals surface area contributed by atoms with Crippen LogP contribution in [0.3, 0.4) is 0 Å². The molecule has 7 heteroatoms. The fraction of sp³-hybridized carbons (Fsp3) is 0.250. The van der Waals surface area contributed by atoms with Crippen LogP contribution in [0.5, 0.6) is 0 Å². The van der Waals surface area contributed by atoms with Crippen molar-refractivity contribution in [3.63, 3.8) is 0 Å². The summed E-state index contributed by atoms with van der Waals surface area (Å²) in [5.74, 6) is -0.599. The van der Waals surface area contributed by atoms with Crippen LogP contribution in [0.2, 0.25) is 0 Å². The van der Waals surface area contributed by atoms with Gasteiger partial charge in [0.05, 0.1) is 18.4 Å². The first kappa shape index (κ1) is 24.2. The lowest BCUT2D eigenvalue weighted by Crippen LogP contribution is -2.46. The maximum absolute atomic E-state index is 13.4. The van der Waals surface area contributed by atoms with E-state index >= 15 is 0 Å². The number of amides is 2. The normalized spacial score (nSPS) is 17.3. The molecule has 0 unspecified atom stereocenters. The zero-order valence-corrected chi connectivity index (χ0v) is 19.8. The van der Waals surface area contributed by atoms with Gasteiger partial charge in [0.1, 0.15) is 13.2 Å². The maximum atomic E-state index is 13.4. The minimum Gasteiger partial charge on any atom is -0.399 e. The van der Waals surface area contributed by atoms with Gasteiger partial charge in [0.15, 0.2) is 0 Å². The van der Waals surface area contributed by atoms with Crippen LogP contribution in [0, 0.1) is 6.92 Å². The van der Waals surface area contributed by atoms with E-state index in [4.69, 9.17) is 4.84 Å². The summed E-state index contributed by atoms with van der Waals surface area (Å²) in [5.41, 5.74) is 5.09. The molecule has 35 heavy (non-hydrogen) atoms. The van der Waals surface area contributed by atoms with E-state index in [2.05, 4.69) is 10.5 Å². The zero-order chi connectivity index (χ0) is 24.8. The quantitative estimate of drug-likeness (QED) is 0.514. The molecule has 1 heterocycles. The highest BCUT2D eigenvalue weighted by Gasteiger charge is 2.38. The smallest absolute Gasteiger partial charge is 0.254 e. The van der Waals surface area contributed by atoms with Gasteiger partial charge in [-0.05, 0) is 41.3 Å². The Morgan fingerprint density at radius 2 is 1.74 bits per heavy atom. The fourth-order valence-corrected chi connectivity index (χ4v) is 4.31. The van der Waals surface area contributed by atoms with Gasteiger partial charge in [-0.3, -0.25) is 9.59 Å². The topological polar surface area (TPSA) is 91.2 Å². The molecule has 0 aliphatic carbocycles. The minimum absolute atomic E-state index is 0.0449. The summed E-state index contributed by atoms with van der Waals surface area (Å²) >= 11 is 0. The second kappa shape index (κ2) is 11.0. The number of benzene rings is 3. The van der Waals surface area contributed by atoms with Crippen LogP contribution >= 0.6 is 0 Å². The molecule has 4 rings (SSSR count). The fourth-order valence-electron chi connectivity index (χ4n) is 4.31. The van der Waals surface area contributed by atoms with Crippen molar-refractivity contribution in [1.29, 1.82) is 0 Å². The molecular weight excluding hydrogens is 442 g/mol. The Morgan fingerprint density at radius 1 is 1.06 bits per heavy atom. The van der Waals surface area contributed by atoms with Gasteiger partial charge >= 0.3 is 0 Å². The van der Waals surface area contributed by atoms with E-state index in [1.165, 1.54) is 12.0 Å². The summed E-state index contributed by atoms with van der Waals surface area (Å²) in [6.07, 6.45) is -0.569. The molecule has 0 radical (unpaired) electrons. The molecule has 180 valence electrons. The summed E-state index contributed by atoms with van der Waals surface area (Å²) in [6.45, 7) is 2.29. The molecule has 1 saturated heterocycles. The Kier molecular flexibility index (Phi) is 7.57. The van der Waals surface area contributed by atoms with Gasteiger partial charge in [-0.25, -0.2) is 0 Å². The van der Waals surface area contributed by atoms with E-state index in [9.17, 15) is 14.7 Å². The van der Waals surface area contributed by atoms with Gasteiger partial charge < -0.3 is 20.2 Å². The second-order valence-corrected chi connectivity index (χ2v) is 8.56. The lowest BCUT2D eigenvalue weighted by atomic mass is 9.99. The summed E-state index contributed by atoms with van der Waals surface area (Å²) in [4.78, 5) is 32.8. The predicted molar refractivity (Wildman–Crippen MR) is 135 cm³/mol. The van der Waals surface area contributed by atoms with Gasteiger partial charge in [0.2, 0.25) is 5.91 Å². The number of carbonyl (C=O) groups excluding carboxylic acids is 2. The van der Waals surface area contributed by atoms with Crippen LogP contribution in [0.4, 0.5) is 0 Å². The van der Waals surface area contributed by atoms with Crippen molar-refractivity contribution in [2.75, 3.05) is 20.2 Å². The van der Waals surface area contributed by atoms with Crippen LogP contribution in [0.15, 0.2) is 84.0 Å². The number of nitrogens with one attached hydrogen (secondary N) is 1. The summed E-state index contributed by atoms with van der Waals surface area (Å²) in [5, 5.41) is 17.2. The largest absolute Gasteiger partial charge is 0.399 e. The summed E-state index contributed by atoms with van der Waals surface area (Å²) in [6, 6.07) is 23.8. The second-order valence-electron chi connectivity index (χ2n) is 8.56. The molecule has 2 amide bonds. The highest BCUT2D eigenvalue weighted by Crippen LogP contribution is 2.25. The Hall–Kier alpha value is -3.97. The molecule has 7 nitrogen and oxygen atoms in total. The van der Waals surface area contributed by atoms with Crippen LogP contribution in [0.25, 0.3) is 11.1 Å². The third-order valence-corrected chi connectivity index (χ3v) is 6.18. The lowest BCUT2D eigenvalue weighted by molar-refractivity contribution is -0.125. The Balaban J connectivity index is 1.49. The van der Waals surface area contributed by atoms with Crippen molar-refractivity contribution in [2.45, 2.75) is 25.5 Å². The van der Waals surface area contributed by atoms with Gasteiger partial charge in [-0.1, -0.05) is 71.9 Å². The van der Waals surface area contributed by atoms with Crippen molar-refractivity contribution in [2.24, 2.45) is 5.16 Å². The van der Waals surface area contributed by atoms with E-state index in [1.54, 1.807) is 24.3 Å². The van der Waals surface area contributed by atoms with E-state index in [0.717, 1.165) is 16.7 Å². The highest BCUT2D eigenvalue weighted by atomic mass is 16.6. The van der Waals surface area contributed by atoms with Crippen LogP contribution in [-0.4, -0.2) is 53.8 Å². The van der Waals surface area contributed by atoms with Gasteiger partial charge in [-0.2, -0.15) is 0 Å². The van der Waals surface area contributed by atoms with E-state index in [1.807, 2.05) is 61.5 Å². The molecular formula is C28H29N3O4. The molecule has 0 aromatic heterocycles. The minimum atomic E-state index is -0.841. The molecule has 3 aromatic carbocycles. The van der Waals surface area contributed by atoms with Crippen molar-refractivity contribution in [1.82, 2.24) is 10.2 Å². The van der Waals surface area contributed by atoms with Gasteiger partial charge in [0.25, 0.3) is 5.91 Å². The first-order valence-electron chi connectivity index (χ1n) is 11.5. The monoisotopic (exact) mass is 471 g/mol. The summed E-state index contributed by atoms with van der Waals surface area (Å²) < 4.78 is 0. The molecule has 1 aliphatic heterocycles. The first-order chi connectivity index (χ1) is 17.0. The van der Waals surface area contributed by atoms with Crippen LogP contribution in [0.1, 0.15) is 34.0 Å². The summed E-state index contributed by atoms with van der Waals surface area (Å²) in [7, 11) is 1.44. The van der Waals surface area contributed by atoms with Gasteiger partial charge in [0, 0.05) is 18.5 Å². The molecule has 1 fully saturated rings. The third-order valence-electron chi connectivity index (χ3n) is 6.18. The van der Waals surface area contributed by atoms with E-state index in [-0.39, 0.29) is 31.3 Å². The molecule has 0 saturated carbocycles. The third kappa shape index (κ3) is 5.58. The van der Waals surface area contributed by atoms with Gasteiger partial charge in [-0.15, -0.1) is 0 Å². The molecule has 0 spiro atoms. The number of aliphatic hydroxyl groups is 1. The number of aryl methyl sites for hydroxylation is 1.